The zero-order valence-electron chi connectivity index (χ0n) is 14.2. The van der Waals surface area contributed by atoms with Gasteiger partial charge in [-0.25, -0.2) is 0 Å². The number of hydrogen-bond acceptors (Lipinski definition) is 4. The average molecular weight is 347 g/mol. The monoisotopic (exact) mass is 346 g/mol. The van der Waals surface area contributed by atoms with Gasteiger partial charge in [0.1, 0.15) is 6.54 Å². The molecule has 23 heavy (non-hydrogen) atoms. The van der Waals surface area contributed by atoms with Gasteiger partial charge in [0.05, 0.1) is 41.4 Å². The van der Waals surface area contributed by atoms with Crippen LogP contribution < -0.4 is 21.9 Å². The molecule has 130 valence electrons. The Labute approximate surface area is 143 Å². The largest absolute Gasteiger partial charge is 1.00 e. The van der Waals surface area contributed by atoms with Crippen molar-refractivity contribution >= 4 is 12.0 Å². The summed E-state index contributed by atoms with van der Waals surface area (Å²) in [6.45, 7) is 1.20. The summed E-state index contributed by atoms with van der Waals surface area (Å²) in [4.78, 5) is 9.70. The van der Waals surface area contributed by atoms with Crippen LogP contribution in [-0.2, 0) is 4.74 Å². The van der Waals surface area contributed by atoms with Crippen LogP contribution in [0.3, 0.4) is 0 Å². The summed E-state index contributed by atoms with van der Waals surface area (Å²) in [6, 6.07) is 3.27. The molecule has 0 saturated heterocycles. The minimum atomic E-state index is -0.167. The number of ether oxygens (including phenoxy) is 3. The van der Waals surface area contributed by atoms with Crippen LogP contribution in [0.5, 0.6) is 17.2 Å². The van der Waals surface area contributed by atoms with Crippen molar-refractivity contribution in [3.8, 4) is 17.2 Å². The second-order valence-electron chi connectivity index (χ2n) is 5.81. The van der Waals surface area contributed by atoms with Gasteiger partial charge in [0, 0.05) is 0 Å². The molecule has 0 aliphatic heterocycles. The maximum absolute atomic E-state index is 9.83. The van der Waals surface area contributed by atoms with E-state index >= 15 is 0 Å². The third-order valence-electron chi connectivity index (χ3n) is 2.93. The number of quaternary nitrogens is 1. The topological polar surface area (TPSA) is 69.3 Å². The van der Waals surface area contributed by atoms with Crippen LogP contribution in [0, 0.1) is 0 Å². The molecular formula is C16H25ClNO5+. The summed E-state index contributed by atoms with van der Waals surface area (Å²) in [5, 5.41) is 9.83. The van der Waals surface area contributed by atoms with Gasteiger partial charge in [-0.2, -0.15) is 0 Å². The number of aromatic hydroxyl groups is 1. The first kappa shape index (κ1) is 21.1. The molecule has 0 spiro atoms. The Morgan fingerprint density at radius 3 is 2.13 bits per heavy atom. The van der Waals surface area contributed by atoms with Crippen LogP contribution in [0.15, 0.2) is 18.2 Å². The summed E-state index contributed by atoms with van der Waals surface area (Å²) in [6.07, 6.45) is 3.09. The molecule has 1 aromatic carbocycles. The molecule has 1 rings (SSSR count). The van der Waals surface area contributed by atoms with Crippen LogP contribution in [0.1, 0.15) is 5.56 Å². The first-order valence-corrected chi connectivity index (χ1v) is 6.89. The lowest BCUT2D eigenvalue weighted by Crippen LogP contribution is -3.00. The molecule has 0 radical (unpaired) electrons. The molecule has 1 aromatic rings. The van der Waals surface area contributed by atoms with E-state index in [0.29, 0.717) is 23.7 Å². The third kappa shape index (κ3) is 7.25. The fraction of sp³-hybridized carbons (Fsp3) is 0.438. The van der Waals surface area contributed by atoms with Crippen LogP contribution >= 0.6 is 0 Å². The number of benzene rings is 1. The molecule has 0 aliphatic carbocycles. The smallest absolute Gasteiger partial charge is 0.510 e. The zero-order chi connectivity index (χ0) is 16.8. The number of likely N-dealkylation sites (N-methyl/N-ethyl adjacent to an activating group) is 1. The van der Waals surface area contributed by atoms with E-state index in [1.807, 2.05) is 21.1 Å². The molecule has 0 aliphatic rings. The van der Waals surface area contributed by atoms with E-state index in [0.717, 1.165) is 11.0 Å². The predicted octanol–water partition coefficient (Wildman–Crippen LogP) is -1.35. The number of rotatable bonds is 7. The summed E-state index contributed by atoms with van der Waals surface area (Å²) in [7, 11) is 9.06. The molecule has 7 heteroatoms. The highest BCUT2D eigenvalue weighted by molar-refractivity contribution is 5.88. The Bertz CT molecular complexity index is 527. The molecule has 0 atom stereocenters. The Balaban J connectivity index is 0.00000484. The number of nitrogens with zero attached hydrogens (tertiary/aromatic N) is 1. The standard InChI is InChI=1S/C16H23NO5.ClH/c1-17(2,3)8-9-22-15(18)7-6-12-10-13(20-4)16(19)14(11-12)21-5;/h6-7,10-11H,8-9H2,1-5H3;1H/p+1. The number of phenols is 1. The SMILES string of the molecule is COc1cc(C=CC(=[OH+])OCC[N+](C)(C)C)cc(OC)c1O.[Cl-]. The van der Waals surface area contributed by atoms with Gasteiger partial charge in [-0.15, -0.1) is 0 Å². The maximum Gasteiger partial charge on any atom is 0.510 e. The highest BCUT2D eigenvalue weighted by Crippen LogP contribution is 2.37. The van der Waals surface area contributed by atoms with Gasteiger partial charge in [0.2, 0.25) is 12.4 Å². The van der Waals surface area contributed by atoms with Crippen molar-refractivity contribution in [1.82, 2.24) is 0 Å². The third-order valence-corrected chi connectivity index (χ3v) is 2.93. The Kier molecular flexibility index (Phi) is 8.50. The summed E-state index contributed by atoms with van der Waals surface area (Å²) in [5.41, 5.74) is 0.702. The van der Waals surface area contributed by atoms with Crippen LogP contribution in [0.25, 0.3) is 6.08 Å². The van der Waals surface area contributed by atoms with E-state index in [9.17, 15) is 9.90 Å². The van der Waals surface area contributed by atoms with Crippen molar-refractivity contribution in [3.63, 3.8) is 0 Å². The molecule has 0 fully saturated rings. The van der Waals surface area contributed by atoms with Gasteiger partial charge in [-0.3, -0.25) is 0 Å². The van der Waals surface area contributed by atoms with Gasteiger partial charge < -0.3 is 41.0 Å². The molecular weight excluding hydrogens is 322 g/mol. The van der Waals surface area contributed by atoms with Crippen molar-refractivity contribution in [2.24, 2.45) is 0 Å². The number of halogens is 1. The van der Waals surface area contributed by atoms with Crippen LogP contribution in [0.2, 0.25) is 0 Å². The van der Waals surface area contributed by atoms with E-state index in [1.165, 1.54) is 20.3 Å². The number of esters is 1. The van der Waals surface area contributed by atoms with E-state index in [4.69, 9.17) is 14.2 Å². The first-order valence-electron chi connectivity index (χ1n) is 6.89. The lowest BCUT2D eigenvalue weighted by molar-refractivity contribution is -0.870. The molecule has 0 saturated carbocycles. The van der Waals surface area contributed by atoms with E-state index in [2.05, 4.69) is 0 Å². The fourth-order valence-corrected chi connectivity index (χ4v) is 1.65. The van der Waals surface area contributed by atoms with E-state index < -0.39 is 0 Å². The molecule has 0 heterocycles. The Hall–Kier alpha value is -1.92. The van der Waals surface area contributed by atoms with E-state index in [1.54, 1.807) is 18.2 Å². The van der Waals surface area contributed by atoms with Crippen molar-refractivity contribution in [1.29, 1.82) is 0 Å². The lowest BCUT2D eigenvalue weighted by atomic mass is 10.1. The van der Waals surface area contributed by atoms with Gasteiger partial charge in [-0.1, -0.05) is 0 Å². The number of carbonyl (C=O) groups excluding carboxylic acids is 1. The molecule has 2 N–H and O–H groups in total. The maximum atomic E-state index is 9.83. The van der Waals surface area contributed by atoms with Crippen LogP contribution in [0.4, 0.5) is 0 Å². The van der Waals surface area contributed by atoms with Crippen molar-refractivity contribution in [2.45, 2.75) is 0 Å². The molecule has 0 amide bonds. The fourth-order valence-electron chi connectivity index (χ4n) is 1.65. The normalized spacial score (nSPS) is 11.0. The minimum Gasteiger partial charge on any atom is -1.00 e. The van der Waals surface area contributed by atoms with Crippen LogP contribution in [-0.4, -0.2) is 68.9 Å². The summed E-state index contributed by atoms with van der Waals surface area (Å²) < 4.78 is 16.1. The predicted molar refractivity (Wildman–Crippen MR) is 86.0 cm³/mol. The average Bonchev–Trinajstić information content (AvgIpc) is 2.44. The Morgan fingerprint density at radius 2 is 1.70 bits per heavy atom. The van der Waals surface area contributed by atoms with Gasteiger partial charge in [0.15, 0.2) is 11.5 Å². The van der Waals surface area contributed by atoms with Gasteiger partial charge in [0.25, 0.3) is 0 Å². The number of phenolic OH excluding ortho intramolecular Hbond substituents is 1. The quantitative estimate of drug-likeness (QED) is 0.287. The van der Waals surface area contributed by atoms with Crippen molar-refractivity contribution in [2.75, 3.05) is 48.5 Å². The van der Waals surface area contributed by atoms with Gasteiger partial charge in [-0.05, 0) is 23.8 Å². The first-order chi connectivity index (χ1) is 10.3. The number of methoxy groups -OCH3 is 2. The van der Waals surface area contributed by atoms with Crippen molar-refractivity contribution in [3.05, 3.63) is 23.8 Å². The second kappa shape index (κ2) is 9.27. The summed E-state index contributed by atoms with van der Waals surface area (Å²) in [5.74, 6) is 0.364. The van der Waals surface area contributed by atoms with Crippen molar-refractivity contribution < 1.29 is 41.0 Å². The number of hydrogen-bond donors (Lipinski definition) is 1. The zero-order valence-corrected chi connectivity index (χ0v) is 14.9. The van der Waals surface area contributed by atoms with E-state index in [-0.39, 0.29) is 24.1 Å². The van der Waals surface area contributed by atoms with Gasteiger partial charge >= 0.3 is 5.97 Å². The molecule has 0 aromatic heterocycles. The summed E-state index contributed by atoms with van der Waals surface area (Å²) >= 11 is 0. The Morgan fingerprint density at radius 1 is 1.17 bits per heavy atom. The highest BCUT2D eigenvalue weighted by Gasteiger charge is 2.14. The second-order valence-corrected chi connectivity index (χ2v) is 5.81. The molecule has 0 unspecified atom stereocenters. The molecule has 6 nitrogen and oxygen atoms in total. The minimum absolute atomic E-state index is 0. The lowest BCUT2D eigenvalue weighted by Gasteiger charge is -2.21. The highest BCUT2D eigenvalue weighted by atomic mass is 35.5. The molecule has 0 bridgehead atoms.